The Bertz CT molecular complexity index is 1410. The fraction of sp³-hybridized carbons (Fsp3) is 0.176. The molecule has 3 atom stereocenters. The molecule has 0 spiro atoms. The van der Waals surface area contributed by atoms with Crippen LogP contribution in [0.15, 0.2) is 121 Å². The molecular weight excluding hydrogens is 567 g/mol. The Balaban J connectivity index is 0.000000257. The quantitative estimate of drug-likeness (QED) is 0.164. The smallest absolute Gasteiger partial charge is 0.349 e. The lowest BCUT2D eigenvalue weighted by molar-refractivity contribution is -0.166. The van der Waals surface area contributed by atoms with Crippen molar-refractivity contribution in [2.75, 3.05) is 12.8 Å². The van der Waals surface area contributed by atoms with Crippen LogP contribution in [0.2, 0.25) is 0 Å². The first-order chi connectivity index (χ1) is 20.6. The van der Waals surface area contributed by atoms with Gasteiger partial charge in [0.1, 0.15) is 0 Å². The van der Waals surface area contributed by atoms with E-state index in [1.165, 1.54) is 66.4 Å². The maximum Gasteiger partial charge on any atom is 0.349 e. The summed E-state index contributed by atoms with van der Waals surface area (Å²) in [7, 11) is -1.02. The second-order valence-corrected chi connectivity index (χ2v) is 14.0. The van der Waals surface area contributed by atoms with E-state index in [1.54, 1.807) is 17.4 Å². The monoisotopic (exact) mass is 601 g/mol. The molecule has 0 aromatic heterocycles. The number of carbonyl (C=O) groups is 4. The summed E-state index contributed by atoms with van der Waals surface area (Å²) < 4.78 is 9.52. The summed E-state index contributed by atoms with van der Waals surface area (Å²) in [6.07, 6.45) is -1.94. The van der Waals surface area contributed by atoms with Crippen molar-refractivity contribution in [1.29, 1.82) is 0 Å². The number of carboxylic acid groups (broad SMARTS) is 2. The van der Waals surface area contributed by atoms with Gasteiger partial charge >= 0.3 is 23.9 Å². The number of carbonyl (C=O) groups excluding carboxylic acids is 2. The number of hydrogen-bond acceptors (Lipinski definition) is 6. The second kappa shape index (κ2) is 16.0. The number of aliphatic carboxylic acids is 2. The van der Waals surface area contributed by atoms with Gasteiger partial charge in [-0.2, -0.15) is 0 Å². The second-order valence-electron chi connectivity index (χ2n) is 9.75. The Morgan fingerprint density at radius 2 is 0.953 bits per heavy atom. The standard InChI is InChI=1S/C18H14O8.C16H20P/c19-15(20)13(25-17(23)11-7-3-1-4-8-11)14(16(21)22)26-18(24)12-9-5-2-6-10-12;1-3-17(2,16-12-8-5-9-13-16)14-15-10-6-4-7-11-15/h1-10,13-14H,(H,19,20)(H,21,22);4-13H,3,14H2,1-2H3/q;+1. The molecule has 4 aromatic carbocycles. The van der Waals surface area contributed by atoms with E-state index in [2.05, 4.69) is 74.3 Å². The highest BCUT2D eigenvalue weighted by molar-refractivity contribution is 7.81. The highest BCUT2D eigenvalue weighted by atomic mass is 31.2. The number of carboxylic acids is 2. The number of ether oxygens (including phenoxy) is 2. The van der Waals surface area contributed by atoms with E-state index in [0.29, 0.717) is 0 Å². The van der Waals surface area contributed by atoms with Gasteiger partial charge in [0.25, 0.3) is 0 Å². The fourth-order valence-corrected chi connectivity index (χ4v) is 6.84. The fourth-order valence-electron chi connectivity index (χ4n) is 4.16. The molecule has 4 rings (SSSR count). The van der Waals surface area contributed by atoms with Crippen molar-refractivity contribution in [3.8, 4) is 0 Å². The maximum absolute atomic E-state index is 12.0. The Hall–Kier alpha value is -4.81. The van der Waals surface area contributed by atoms with E-state index in [-0.39, 0.29) is 11.1 Å². The normalized spacial score (nSPS) is 13.2. The van der Waals surface area contributed by atoms with Crippen molar-refractivity contribution in [3.05, 3.63) is 138 Å². The minimum absolute atomic E-state index is 0.0253. The van der Waals surface area contributed by atoms with Gasteiger partial charge in [0.05, 0.1) is 35.4 Å². The van der Waals surface area contributed by atoms with Crippen molar-refractivity contribution < 1.29 is 38.9 Å². The van der Waals surface area contributed by atoms with Gasteiger partial charge < -0.3 is 19.7 Å². The summed E-state index contributed by atoms with van der Waals surface area (Å²) >= 11 is 0. The lowest BCUT2D eigenvalue weighted by Crippen LogP contribution is -2.45. The van der Waals surface area contributed by atoms with Gasteiger partial charge in [-0.05, 0) is 48.9 Å². The molecule has 0 saturated heterocycles. The van der Waals surface area contributed by atoms with Crippen LogP contribution < -0.4 is 5.30 Å². The van der Waals surface area contributed by atoms with Crippen LogP contribution in [0.25, 0.3) is 0 Å². The lowest BCUT2D eigenvalue weighted by atomic mass is 10.1. The molecule has 3 unspecified atom stereocenters. The zero-order chi connectivity index (χ0) is 31.2. The molecule has 0 aliphatic heterocycles. The third kappa shape index (κ3) is 9.62. The molecule has 0 radical (unpaired) electrons. The third-order valence-corrected chi connectivity index (χ3v) is 10.7. The van der Waals surface area contributed by atoms with Gasteiger partial charge in [-0.25, -0.2) is 19.2 Å². The maximum atomic E-state index is 12.0. The van der Waals surface area contributed by atoms with Gasteiger partial charge in [0, 0.05) is 7.26 Å². The first-order valence-corrected chi connectivity index (χ1v) is 16.2. The Morgan fingerprint density at radius 1 is 0.605 bits per heavy atom. The molecule has 0 fully saturated rings. The molecule has 0 saturated carbocycles. The number of hydrogen-bond donors (Lipinski definition) is 2. The van der Waals surface area contributed by atoms with Crippen LogP contribution in [0.1, 0.15) is 33.2 Å². The summed E-state index contributed by atoms with van der Waals surface area (Å²) in [4.78, 5) is 46.8. The van der Waals surface area contributed by atoms with Gasteiger partial charge in [-0.15, -0.1) is 0 Å². The molecule has 0 bridgehead atoms. The Kier molecular flexibility index (Phi) is 12.2. The zero-order valence-electron chi connectivity index (χ0n) is 23.9. The van der Waals surface area contributed by atoms with Crippen LogP contribution in [0.4, 0.5) is 0 Å². The van der Waals surface area contributed by atoms with Gasteiger partial charge in [0.2, 0.25) is 12.2 Å². The van der Waals surface area contributed by atoms with Crippen molar-refractivity contribution >= 4 is 36.4 Å². The number of benzene rings is 4. The largest absolute Gasteiger partial charge is 0.478 e. The summed E-state index contributed by atoms with van der Waals surface area (Å²) in [6.45, 7) is 4.79. The van der Waals surface area contributed by atoms with E-state index < -0.39 is 43.3 Å². The Morgan fingerprint density at radius 3 is 1.30 bits per heavy atom. The third-order valence-electron chi connectivity index (χ3n) is 6.70. The highest BCUT2D eigenvalue weighted by Crippen LogP contribution is 2.56. The zero-order valence-corrected chi connectivity index (χ0v) is 24.8. The minimum Gasteiger partial charge on any atom is -0.478 e. The lowest BCUT2D eigenvalue weighted by Gasteiger charge is -2.21. The van der Waals surface area contributed by atoms with Crippen molar-refractivity contribution in [3.63, 3.8) is 0 Å². The molecule has 9 heteroatoms. The summed E-state index contributed by atoms with van der Waals surface area (Å²) in [5.41, 5.74) is 1.52. The summed E-state index contributed by atoms with van der Waals surface area (Å²) in [5, 5.41) is 20.0. The molecule has 0 aliphatic rings. The average Bonchev–Trinajstić information content (AvgIpc) is 3.04. The SMILES string of the molecule is CC[P+](C)(Cc1ccccc1)c1ccccc1.O=C(OC(C(=O)O)C(OC(=O)c1ccccc1)C(=O)O)c1ccccc1. The van der Waals surface area contributed by atoms with Crippen LogP contribution in [0, 0.1) is 0 Å². The predicted molar refractivity (Wildman–Crippen MR) is 166 cm³/mol. The summed E-state index contributed by atoms with van der Waals surface area (Å²) in [6, 6.07) is 36.7. The molecular formula is C34H34O8P+. The van der Waals surface area contributed by atoms with Crippen LogP contribution in [-0.4, -0.2) is 59.1 Å². The van der Waals surface area contributed by atoms with E-state index in [9.17, 15) is 29.4 Å². The molecule has 4 aromatic rings. The first-order valence-electron chi connectivity index (χ1n) is 13.6. The molecule has 0 heterocycles. The van der Waals surface area contributed by atoms with Crippen molar-refractivity contribution in [1.82, 2.24) is 0 Å². The van der Waals surface area contributed by atoms with Crippen molar-refractivity contribution in [2.45, 2.75) is 25.3 Å². The predicted octanol–water partition coefficient (Wildman–Crippen LogP) is 5.79. The van der Waals surface area contributed by atoms with E-state index in [1.807, 2.05) is 0 Å². The first kappa shape index (κ1) is 32.7. The Labute approximate surface area is 251 Å². The molecule has 0 aliphatic carbocycles. The van der Waals surface area contributed by atoms with Crippen LogP contribution in [0.5, 0.6) is 0 Å². The van der Waals surface area contributed by atoms with E-state index >= 15 is 0 Å². The van der Waals surface area contributed by atoms with E-state index in [0.717, 1.165) is 0 Å². The van der Waals surface area contributed by atoms with Gasteiger partial charge in [0.15, 0.2) is 0 Å². The van der Waals surface area contributed by atoms with Gasteiger partial charge in [-0.1, -0.05) is 84.9 Å². The number of rotatable bonds is 11. The minimum atomic E-state index is -2.21. The molecule has 8 nitrogen and oxygen atoms in total. The van der Waals surface area contributed by atoms with Crippen molar-refractivity contribution in [2.24, 2.45) is 0 Å². The van der Waals surface area contributed by atoms with Crippen LogP contribution in [-0.2, 0) is 25.2 Å². The molecule has 2 N–H and O–H groups in total. The molecule has 222 valence electrons. The van der Waals surface area contributed by atoms with Crippen LogP contribution >= 0.6 is 7.26 Å². The van der Waals surface area contributed by atoms with Crippen LogP contribution in [0.3, 0.4) is 0 Å². The van der Waals surface area contributed by atoms with E-state index in [4.69, 9.17) is 9.47 Å². The average molecular weight is 602 g/mol. The highest BCUT2D eigenvalue weighted by Gasteiger charge is 2.41. The molecule has 43 heavy (non-hydrogen) atoms. The molecule has 0 amide bonds. The number of esters is 2. The van der Waals surface area contributed by atoms with Gasteiger partial charge in [-0.3, -0.25) is 0 Å². The summed E-state index contributed by atoms with van der Waals surface area (Å²) in [5.74, 6) is -5.63. The topological polar surface area (TPSA) is 127 Å².